The van der Waals surface area contributed by atoms with Gasteiger partial charge in [-0.05, 0) is 19.4 Å². The molecule has 0 radical (unpaired) electrons. The van der Waals surface area contributed by atoms with Gasteiger partial charge >= 0.3 is 0 Å². The number of para-hydroxylation sites is 1. The van der Waals surface area contributed by atoms with Crippen molar-refractivity contribution in [2.24, 2.45) is 0 Å². The van der Waals surface area contributed by atoms with Crippen LogP contribution in [0.2, 0.25) is 0 Å². The quantitative estimate of drug-likeness (QED) is 0.670. The van der Waals surface area contributed by atoms with Gasteiger partial charge in [-0.15, -0.1) is 0 Å². The SMILES string of the molecule is CCC(C)n1cc(C=O)c(-c2coc3ccccc23)n1. The topological polar surface area (TPSA) is 48.0 Å². The molecule has 0 saturated heterocycles. The van der Waals surface area contributed by atoms with Crippen LogP contribution in [0, 0.1) is 0 Å². The van der Waals surface area contributed by atoms with Gasteiger partial charge in [-0.25, -0.2) is 0 Å². The van der Waals surface area contributed by atoms with E-state index in [0.717, 1.165) is 29.2 Å². The second kappa shape index (κ2) is 4.96. The smallest absolute Gasteiger partial charge is 0.153 e. The summed E-state index contributed by atoms with van der Waals surface area (Å²) < 4.78 is 7.38. The number of benzene rings is 1. The molecule has 0 fully saturated rings. The highest BCUT2D eigenvalue weighted by atomic mass is 16.3. The van der Waals surface area contributed by atoms with E-state index in [9.17, 15) is 4.79 Å². The van der Waals surface area contributed by atoms with Crippen LogP contribution >= 0.6 is 0 Å². The first kappa shape index (κ1) is 12.7. The van der Waals surface area contributed by atoms with Crippen LogP contribution < -0.4 is 0 Å². The second-order valence-electron chi connectivity index (χ2n) is 4.93. The maximum absolute atomic E-state index is 11.3. The zero-order valence-corrected chi connectivity index (χ0v) is 11.5. The second-order valence-corrected chi connectivity index (χ2v) is 4.93. The number of rotatable bonds is 4. The van der Waals surface area contributed by atoms with E-state index in [1.54, 1.807) is 12.5 Å². The molecule has 0 bridgehead atoms. The minimum absolute atomic E-state index is 0.264. The molecular formula is C16H16N2O2. The Morgan fingerprint density at radius 2 is 2.20 bits per heavy atom. The Morgan fingerprint density at radius 3 is 2.95 bits per heavy atom. The summed E-state index contributed by atoms with van der Waals surface area (Å²) >= 11 is 0. The molecule has 0 aliphatic rings. The minimum atomic E-state index is 0.264. The maximum Gasteiger partial charge on any atom is 0.153 e. The van der Waals surface area contributed by atoms with Crippen LogP contribution in [0.4, 0.5) is 0 Å². The van der Waals surface area contributed by atoms with Crippen molar-refractivity contribution in [2.75, 3.05) is 0 Å². The lowest BCUT2D eigenvalue weighted by Gasteiger charge is -2.07. The molecule has 0 N–H and O–H groups in total. The summed E-state index contributed by atoms with van der Waals surface area (Å²) in [7, 11) is 0. The lowest BCUT2D eigenvalue weighted by molar-refractivity contribution is 0.112. The maximum atomic E-state index is 11.3. The lowest BCUT2D eigenvalue weighted by atomic mass is 10.1. The predicted molar refractivity (Wildman–Crippen MR) is 77.8 cm³/mol. The van der Waals surface area contributed by atoms with Crippen LogP contribution in [0.3, 0.4) is 0 Å². The van der Waals surface area contributed by atoms with Crippen molar-refractivity contribution in [1.29, 1.82) is 0 Å². The fourth-order valence-electron chi connectivity index (χ4n) is 2.28. The molecule has 4 nitrogen and oxygen atoms in total. The van der Waals surface area contributed by atoms with Crippen molar-refractivity contribution in [2.45, 2.75) is 26.3 Å². The van der Waals surface area contributed by atoms with Crippen LogP contribution in [-0.2, 0) is 0 Å². The minimum Gasteiger partial charge on any atom is -0.464 e. The van der Waals surface area contributed by atoms with Gasteiger partial charge in [0.25, 0.3) is 0 Å². The molecule has 20 heavy (non-hydrogen) atoms. The molecular weight excluding hydrogens is 252 g/mol. The number of fused-ring (bicyclic) bond motifs is 1. The van der Waals surface area contributed by atoms with Crippen molar-refractivity contribution in [1.82, 2.24) is 9.78 Å². The third kappa shape index (κ3) is 1.93. The first-order chi connectivity index (χ1) is 9.74. The van der Waals surface area contributed by atoms with Gasteiger partial charge in [0.2, 0.25) is 0 Å². The number of hydrogen-bond acceptors (Lipinski definition) is 3. The number of aromatic nitrogens is 2. The summed E-state index contributed by atoms with van der Waals surface area (Å²) in [4.78, 5) is 11.3. The summed E-state index contributed by atoms with van der Waals surface area (Å²) in [6.07, 6.45) is 5.29. The molecule has 0 saturated carbocycles. The summed E-state index contributed by atoms with van der Waals surface area (Å²) in [6.45, 7) is 4.18. The average Bonchev–Trinajstić information content (AvgIpc) is 3.09. The van der Waals surface area contributed by atoms with E-state index in [4.69, 9.17) is 4.42 Å². The highest BCUT2D eigenvalue weighted by Crippen LogP contribution is 2.31. The van der Waals surface area contributed by atoms with Crippen molar-refractivity contribution < 1.29 is 9.21 Å². The molecule has 0 aliphatic carbocycles. The van der Waals surface area contributed by atoms with Gasteiger partial charge in [0.1, 0.15) is 17.5 Å². The van der Waals surface area contributed by atoms with E-state index in [-0.39, 0.29) is 6.04 Å². The Kier molecular flexibility index (Phi) is 3.14. The van der Waals surface area contributed by atoms with E-state index in [0.29, 0.717) is 11.3 Å². The molecule has 2 heterocycles. The summed E-state index contributed by atoms with van der Waals surface area (Å²) in [5.74, 6) is 0. The zero-order chi connectivity index (χ0) is 14.1. The summed E-state index contributed by atoms with van der Waals surface area (Å²) in [6, 6.07) is 8.03. The van der Waals surface area contributed by atoms with Gasteiger partial charge in [0.15, 0.2) is 6.29 Å². The molecule has 0 aliphatic heterocycles. The van der Waals surface area contributed by atoms with Crippen molar-refractivity contribution in [3.05, 3.63) is 42.3 Å². The summed E-state index contributed by atoms with van der Waals surface area (Å²) in [5.41, 5.74) is 2.95. The monoisotopic (exact) mass is 268 g/mol. The Labute approximate surface area is 117 Å². The number of carbonyl (C=O) groups is 1. The Morgan fingerprint density at radius 1 is 1.40 bits per heavy atom. The highest BCUT2D eigenvalue weighted by Gasteiger charge is 2.17. The molecule has 3 rings (SSSR count). The highest BCUT2D eigenvalue weighted by molar-refractivity contribution is 5.97. The van der Waals surface area contributed by atoms with Gasteiger partial charge in [0.05, 0.1) is 5.56 Å². The number of hydrogen-bond donors (Lipinski definition) is 0. The molecule has 0 spiro atoms. The fourth-order valence-corrected chi connectivity index (χ4v) is 2.28. The predicted octanol–water partition coefficient (Wildman–Crippen LogP) is 4.08. The molecule has 2 aromatic heterocycles. The molecule has 0 amide bonds. The van der Waals surface area contributed by atoms with E-state index in [1.165, 1.54) is 0 Å². The first-order valence-corrected chi connectivity index (χ1v) is 6.75. The molecule has 1 aromatic carbocycles. The van der Waals surface area contributed by atoms with Gasteiger partial charge in [-0.2, -0.15) is 5.10 Å². The van der Waals surface area contributed by atoms with Crippen molar-refractivity contribution in [3.63, 3.8) is 0 Å². The van der Waals surface area contributed by atoms with Crippen LogP contribution in [0.5, 0.6) is 0 Å². The number of aldehydes is 1. The molecule has 3 aromatic rings. The zero-order valence-electron chi connectivity index (χ0n) is 11.5. The summed E-state index contributed by atoms with van der Waals surface area (Å²) in [5, 5.41) is 5.55. The van der Waals surface area contributed by atoms with E-state index in [2.05, 4.69) is 18.9 Å². The third-order valence-electron chi connectivity index (χ3n) is 3.67. The van der Waals surface area contributed by atoms with Crippen LogP contribution in [0.15, 0.2) is 41.1 Å². The normalized spacial score (nSPS) is 12.7. The van der Waals surface area contributed by atoms with Crippen LogP contribution in [0.1, 0.15) is 36.7 Å². The van der Waals surface area contributed by atoms with Gasteiger partial charge in [-0.1, -0.05) is 25.1 Å². The van der Waals surface area contributed by atoms with E-state index in [1.807, 2.05) is 28.9 Å². The third-order valence-corrected chi connectivity index (χ3v) is 3.67. The van der Waals surface area contributed by atoms with E-state index >= 15 is 0 Å². The fraction of sp³-hybridized carbons (Fsp3) is 0.250. The van der Waals surface area contributed by atoms with Crippen LogP contribution in [-0.4, -0.2) is 16.1 Å². The average molecular weight is 268 g/mol. The lowest BCUT2D eigenvalue weighted by Crippen LogP contribution is -2.03. The molecule has 1 atom stereocenters. The number of furan rings is 1. The van der Waals surface area contributed by atoms with Crippen molar-refractivity contribution >= 4 is 17.3 Å². The Balaban J connectivity index is 2.18. The van der Waals surface area contributed by atoms with E-state index < -0.39 is 0 Å². The van der Waals surface area contributed by atoms with Crippen LogP contribution in [0.25, 0.3) is 22.2 Å². The standard InChI is InChI=1S/C16H16N2O2/c1-3-11(2)18-8-12(9-19)16(17-18)14-10-20-15-7-5-4-6-13(14)15/h4-11H,3H2,1-2H3. The Bertz CT molecular complexity index is 755. The Hall–Kier alpha value is -2.36. The largest absolute Gasteiger partial charge is 0.464 e. The molecule has 1 unspecified atom stereocenters. The van der Waals surface area contributed by atoms with Gasteiger partial charge in [0, 0.05) is 23.2 Å². The van der Waals surface area contributed by atoms with Crippen molar-refractivity contribution in [3.8, 4) is 11.3 Å². The van der Waals surface area contributed by atoms with Gasteiger partial charge < -0.3 is 4.42 Å². The van der Waals surface area contributed by atoms with Gasteiger partial charge in [-0.3, -0.25) is 9.48 Å². The first-order valence-electron chi connectivity index (χ1n) is 6.75. The number of nitrogens with zero attached hydrogens (tertiary/aromatic N) is 2. The molecule has 102 valence electrons. The number of carbonyl (C=O) groups excluding carboxylic acids is 1. The molecule has 4 heteroatoms.